The van der Waals surface area contributed by atoms with Crippen LogP contribution >= 0.6 is 0 Å². The largest absolute Gasteiger partial charge is 0.494 e. The number of anilines is 1. The first-order valence-corrected chi connectivity index (χ1v) is 9.64. The summed E-state index contributed by atoms with van der Waals surface area (Å²) in [6.07, 6.45) is 1.53. The molecule has 0 spiro atoms. The zero-order valence-corrected chi connectivity index (χ0v) is 14.3. The van der Waals surface area contributed by atoms with E-state index in [1.165, 1.54) is 6.20 Å². The van der Waals surface area contributed by atoms with Gasteiger partial charge >= 0.3 is 0 Å². The van der Waals surface area contributed by atoms with E-state index in [4.69, 9.17) is 19.6 Å². The fourth-order valence-electron chi connectivity index (χ4n) is 1.34. The smallest absolute Gasteiger partial charge is 0.217 e. The highest BCUT2D eigenvalue weighted by Crippen LogP contribution is 2.36. The molecule has 0 aliphatic heterocycles. The molecule has 0 fully saturated rings. The molecule has 0 atom stereocenters. The standard InChI is InChI=1S/C14H26N2O3Si/c1-14(2,3)20(5,6)19-8-7-18-13-9-12(17-4)11(15)10-16-13/h9-10H,7-8,15H2,1-6H3. The molecule has 0 saturated heterocycles. The molecule has 2 N–H and O–H groups in total. The number of methoxy groups -OCH3 is 1. The van der Waals surface area contributed by atoms with Crippen LogP contribution in [0.3, 0.4) is 0 Å². The van der Waals surface area contributed by atoms with Crippen LogP contribution in [0.15, 0.2) is 12.3 Å². The van der Waals surface area contributed by atoms with Crippen molar-refractivity contribution in [3.8, 4) is 11.6 Å². The molecule has 1 aromatic heterocycles. The molecule has 1 aromatic rings. The maximum Gasteiger partial charge on any atom is 0.217 e. The van der Waals surface area contributed by atoms with Crippen LogP contribution in [-0.4, -0.2) is 33.6 Å². The SMILES string of the molecule is COc1cc(OCCO[Si](C)(C)C(C)(C)C)ncc1N. The van der Waals surface area contributed by atoms with Crippen LogP contribution in [0.25, 0.3) is 0 Å². The Bertz CT molecular complexity index is 445. The maximum absolute atomic E-state index is 6.03. The van der Waals surface area contributed by atoms with Crippen molar-refractivity contribution in [2.24, 2.45) is 0 Å². The van der Waals surface area contributed by atoms with Crippen molar-refractivity contribution in [1.82, 2.24) is 4.98 Å². The first-order chi connectivity index (χ1) is 9.17. The third-order valence-corrected chi connectivity index (χ3v) is 8.23. The third kappa shape index (κ3) is 4.38. The molecular formula is C14H26N2O3Si. The Morgan fingerprint density at radius 2 is 1.90 bits per heavy atom. The van der Waals surface area contributed by atoms with Gasteiger partial charge in [-0.25, -0.2) is 4.98 Å². The highest BCUT2D eigenvalue weighted by Gasteiger charge is 2.36. The number of hydrogen-bond acceptors (Lipinski definition) is 5. The number of nitrogen functional groups attached to an aromatic ring is 1. The fraction of sp³-hybridized carbons (Fsp3) is 0.643. The van der Waals surface area contributed by atoms with Gasteiger partial charge in [0.05, 0.1) is 25.6 Å². The predicted octanol–water partition coefficient (Wildman–Crippen LogP) is 3.07. The number of nitrogens with two attached hydrogens (primary N) is 1. The van der Waals surface area contributed by atoms with Crippen molar-refractivity contribution >= 4 is 14.0 Å². The van der Waals surface area contributed by atoms with Gasteiger partial charge in [-0.15, -0.1) is 0 Å². The normalized spacial score (nSPS) is 12.3. The van der Waals surface area contributed by atoms with Gasteiger partial charge < -0.3 is 19.6 Å². The van der Waals surface area contributed by atoms with E-state index in [-0.39, 0.29) is 5.04 Å². The molecule has 0 unspecified atom stereocenters. The van der Waals surface area contributed by atoms with Gasteiger partial charge in [0.2, 0.25) is 5.88 Å². The molecule has 5 nitrogen and oxygen atoms in total. The molecule has 0 aliphatic carbocycles. The van der Waals surface area contributed by atoms with Crippen molar-refractivity contribution in [2.45, 2.75) is 38.9 Å². The molecule has 1 heterocycles. The minimum absolute atomic E-state index is 0.204. The molecule has 0 aliphatic rings. The van der Waals surface area contributed by atoms with Crippen LogP contribution in [0.2, 0.25) is 18.1 Å². The highest BCUT2D eigenvalue weighted by molar-refractivity contribution is 6.74. The van der Waals surface area contributed by atoms with Crippen LogP contribution < -0.4 is 15.2 Å². The van der Waals surface area contributed by atoms with Gasteiger partial charge in [-0.2, -0.15) is 0 Å². The Morgan fingerprint density at radius 3 is 2.45 bits per heavy atom. The zero-order chi connectivity index (χ0) is 15.4. The Kier molecular flexibility index (Phi) is 5.41. The molecule has 0 aromatic carbocycles. The van der Waals surface area contributed by atoms with Gasteiger partial charge in [-0.3, -0.25) is 0 Å². The summed E-state index contributed by atoms with van der Waals surface area (Å²) in [6.45, 7) is 12.1. The van der Waals surface area contributed by atoms with Crippen LogP contribution in [0.5, 0.6) is 11.6 Å². The highest BCUT2D eigenvalue weighted by atomic mass is 28.4. The van der Waals surface area contributed by atoms with E-state index < -0.39 is 8.32 Å². The number of pyridine rings is 1. The fourth-order valence-corrected chi connectivity index (χ4v) is 2.37. The average molecular weight is 298 g/mol. The summed E-state index contributed by atoms with van der Waals surface area (Å²) in [7, 11) is -0.149. The van der Waals surface area contributed by atoms with Gasteiger partial charge in [-0.05, 0) is 18.1 Å². The molecule has 114 valence electrons. The number of ether oxygens (including phenoxy) is 2. The summed E-state index contributed by atoms with van der Waals surface area (Å²) in [4.78, 5) is 4.10. The molecule has 20 heavy (non-hydrogen) atoms. The summed E-state index contributed by atoms with van der Waals surface area (Å²) in [5.41, 5.74) is 6.20. The second-order valence-corrected chi connectivity index (χ2v) is 11.0. The molecule has 6 heteroatoms. The van der Waals surface area contributed by atoms with Gasteiger partial charge in [0.15, 0.2) is 8.32 Å². The number of hydrogen-bond donors (Lipinski definition) is 1. The quantitative estimate of drug-likeness (QED) is 0.646. The van der Waals surface area contributed by atoms with Crippen molar-refractivity contribution in [3.05, 3.63) is 12.3 Å². The summed E-state index contributed by atoms with van der Waals surface area (Å²) >= 11 is 0. The van der Waals surface area contributed by atoms with E-state index in [1.54, 1.807) is 13.2 Å². The second-order valence-electron chi connectivity index (χ2n) is 6.22. The van der Waals surface area contributed by atoms with Gasteiger partial charge in [0.1, 0.15) is 12.4 Å². The lowest BCUT2D eigenvalue weighted by atomic mass is 10.2. The number of rotatable bonds is 6. The second kappa shape index (κ2) is 6.45. The van der Waals surface area contributed by atoms with Gasteiger partial charge in [-0.1, -0.05) is 20.8 Å². The third-order valence-electron chi connectivity index (χ3n) is 3.69. The van der Waals surface area contributed by atoms with E-state index in [2.05, 4.69) is 38.8 Å². The molecule has 0 radical (unpaired) electrons. The Labute approximate surface area is 122 Å². The molecule has 0 amide bonds. The summed E-state index contributed by atoms with van der Waals surface area (Å²) in [5, 5.41) is 0.204. The summed E-state index contributed by atoms with van der Waals surface area (Å²) < 4.78 is 16.7. The van der Waals surface area contributed by atoms with Crippen LogP contribution in [0, 0.1) is 0 Å². The lowest BCUT2D eigenvalue weighted by Crippen LogP contribution is -2.41. The maximum atomic E-state index is 6.03. The first-order valence-electron chi connectivity index (χ1n) is 6.73. The molecule has 1 rings (SSSR count). The average Bonchev–Trinajstić information content (AvgIpc) is 2.35. The molecule has 0 bridgehead atoms. The summed E-state index contributed by atoms with van der Waals surface area (Å²) in [6, 6.07) is 1.68. The van der Waals surface area contributed by atoms with Crippen molar-refractivity contribution in [2.75, 3.05) is 26.1 Å². The monoisotopic (exact) mass is 298 g/mol. The van der Waals surface area contributed by atoms with Gasteiger partial charge in [0.25, 0.3) is 0 Å². The lowest BCUT2D eigenvalue weighted by molar-refractivity contribution is 0.198. The minimum atomic E-state index is -1.71. The van der Waals surface area contributed by atoms with Crippen LogP contribution in [0.1, 0.15) is 20.8 Å². The van der Waals surface area contributed by atoms with Crippen molar-refractivity contribution < 1.29 is 13.9 Å². The van der Waals surface area contributed by atoms with Crippen molar-refractivity contribution in [3.63, 3.8) is 0 Å². The summed E-state index contributed by atoms with van der Waals surface area (Å²) in [5.74, 6) is 1.06. The number of aromatic nitrogens is 1. The lowest BCUT2D eigenvalue weighted by Gasteiger charge is -2.36. The van der Waals surface area contributed by atoms with Crippen molar-refractivity contribution in [1.29, 1.82) is 0 Å². The Morgan fingerprint density at radius 1 is 1.25 bits per heavy atom. The van der Waals surface area contributed by atoms with Crippen LogP contribution in [-0.2, 0) is 4.43 Å². The van der Waals surface area contributed by atoms with Crippen LogP contribution in [0.4, 0.5) is 5.69 Å². The Hall–Kier alpha value is -1.27. The zero-order valence-electron chi connectivity index (χ0n) is 13.3. The van der Waals surface area contributed by atoms with E-state index in [0.717, 1.165) is 0 Å². The van der Waals surface area contributed by atoms with E-state index in [9.17, 15) is 0 Å². The Balaban J connectivity index is 2.46. The number of nitrogens with zero attached hydrogens (tertiary/aromatic N) is 1. The van der Waals surface area contributed by atoms with E-state index >= 15 is 0 Å². The topological polar surface area (TPSA) is 66.6 Å². The first kappa shape index (κ1) is 16.8. The van der Waals surface area contributed by atoms with E-state index in [0.29, 0.717) is 30.5 Å². The van der Waals surface area contributed by atoms with Gasteiger partial charge in [0, 0.05) is 6.07 Å². The predicted molar refractivity (Wildman–Crippen MR) is 83.8 cm³/mol. The molecule has 0 saturated carbocycles. The minimum Gasteiger partial charge on any atom is -0.494 e. The van der Waals surface area contributed by atoms with E-state index in [1.807, 2.05) is 0 Å². The molecular weight excluding hydrogens is 272 g/mol.